The second-order valence-corrected chi connectivity index (χ2v) is 4.67. The van der Waals surface area contributed by atoms with Crippen molar-refractivity contribution in [2.45, 2.75) is 37.9 Å². The van der Waals surface area contributed by atoms with Crippen molar-refractivity contribution in [1.29, 1.82) is 0 Å². The van der Waals surface area contributed by atoms with Gasteiger partial charge in [0.1, 0.15) is 0 Å². The van der Waals surface area contributed by atoms with Gasteiger partial charge in [-0.25, -0.2) is 0 Å². The highest BCUT2D eigenvalue weighted by atomic mass is 32.2. The van der Waals surface area contributed by atoms with Gasteiger partial charge in [-0.15, -0.1) is 0 Å². The quantitative estimate of drug-likeness (QED) is 0.592. The Labute approximate surface area is 84.1 Å². The summed E-state index contributed by atoms with van der Waals surface area (Å²) in [5.74, 6) is 0.404. The number of carboxylic acids is 1. The molecular weight excluding hydrogens is 186 g/mol. The first kappa shape index (κ1) is 12.8. The van der Waals surface area contributed by atoms with Gasteiger partial charge in [-0.1, -0.05) is 13.3 Å². The SMILES string of the molecule is CC(CN)SCCCCCC(=O)O. The fourth-order valence-electron chi connectivity index (χ4n) is 0.908. The fourth-order valence-corrected chi connectivity index (χ4v) is 1.82. The second-order valence-electron chi connectivity index (χ2n) is 3.12. The topological polar surface area (TPSA) is 63.3 Å². The van der Waals surface area contributed by atoms with Crippen LogP contribution < -0.4 is 5.73 Å². The van der Waals surface area contributed by atoms with E-state index in [0.717, 1.165) is 31.6 Å². The number of aliphatic carboxylic acids is 1. The number of hydrogen-bond donors (Lipinski definition) is 2. The minimum Gasteiger partial charge on any atom is -0.481 e. The summed E-state index contributed by atoms with van der Waals surface area (Å²) in [6.07, 6.45) is 3.21. The zero-order chi connectivity index (χ0) is 10.1. The molecule has 3 nitrogen and oxygen atoms in total. The minimum absolute atomic E-state index is 0.303. The molecule has 0 heterocycles. The molecule has 0 fully saturated rings. The number of nitrogens with two attached hydrogens (primary N) is 1. The summed E-state index contributed by atoms with van der Waals surface area (Å²) < 4.78 is 0. The van der Waals surface area contributed by atoms with Crippen molar-refractivity contribution in [2.75, 3.05) is 12.3 Å². The van der Waals surface area contributed by atoms with Crippen LogP contribution >= 0.6 is 11.8 Å². The van der Waals surface area contributed by atoms with Gasteiger partial charge in [-0.2, -0.15) is 11.8 Å². The van der Waals surface area contributed by atoms with Gasteiger partial charge in [0.2, 0.25) is 0 Å². The lowest BCUT2D eigenvalue weighted by Crippen LogP contribution is -2.12. The van der Waals surface area contributed by atoms with E-state index in [0.29, 0.717) is 11.7 Å². The first-order valence-corrected chi connectivity index (χ1v) is 5.75. The van der Waals surface area contributed by atoms with Gasteiger partial charge in [-0.3, -0.25) is 4.79 Å². The van der Waals surface area contributed by atoms with Crippen LogP contribution in [0.2, 0.25) is 0 Å². The van der Waals surface area contributed by atoms with Crippen molar-refractivity contribution < 1.29 is 9.90 Å². The van der Waals surface area contributed by atoms with Crippen LogP contribution in [-0.4, -0.2) is 28.6 Å². The molecule has 0 saturated heterocycles. The zero-order valence-electron chi connectivity index (χ0n) is 8.16. The highest BCUT2D eigenvalue weighted by Crippen LogP contribution is 2.12. The van der Waals surface area contributed by atoms with Gasteiger partial charge in [-0.05, 0) is 18.6 Å². The Morgan fingerprint density at radius 2 is 2.15 bits per heavy atom. The molecule has 0 aromatic heterocycles. The summed E-state index contributed by atoms with van der Waals surface area (Å²) in [4.78, 5) is 10.2. The van der Waals surface area contributed by atoms with Crippen LogP contribution in [-0.2, 0) is 4.79 Å². The molecule has 0 aliphatic carbocycles. The van der Waals surface area contributed by atoms with Crippen molar-refractivity contribution in [3.8, 4) is 0 Å². The van der Waals surface area contributed by atoms with Crippen LogP contribution in [0.3, 0.4) is 0 Å². The van der Waals surface area contributed by atoms with Crippen LogP contribution in [0.25, 0.3) is 0 Å². The summed E-state index contributed by atoms with van der Waals surface area (Å²) in [6, 6.07) is 0. The summed E-state index contributed by atoms with van der Waals surface area (Å²) in [6.45, 7) is 2.84. The minimum atomic E-state index is -0.692. The Morgan fingerprint density at radius 3 is 2.69 bits per heavy atom. The Morgan fingerprint density at radius 1 is 1.46 bits per heavy atom. The standard InChI is InChI=1S/C9H19NO2S/c1-8(7-10)13-6-4-2-3-5-9(11)12/h8H,2-7,10H2,1H3,(H,11,12). The zero-order valence-corrected chi connectivity index (χ0v) is 8.98. The van der Waals surface area contributed by atoms with Gasteiger partial charge >= 0.3 is 5.97 Å². The molecule has 13 heavy (non-hydrogen) atoms. The smallest absolute Gasteiger partial charge is 0.303 e. The molecule has 78 valence electrons. The number of carboxylic acid groups (broad SMARTS) is 1. The van der Waals surface area contributed by atoms with Crippen molar-refractivity contribution in [3.63, 3.8) is 0 Å². The number of thioether (sulfide) groups is 1. The predicted molar refractivity (Wildman–Crippen MR) is 57.1 cm³/mol. The number of carbonyl (C=O) groups is 1. The van der Waals surface area contributed by atoms with Gasteiger partial charge in [0, 0.05) is 18.2 Å². The van der Waals surface area contributed by atoms with Crippen molar-refractivity contribution >= 4 is 17.7 Å². The van der Waals surface area contributed by atoms with Crippen LogP contribution in [0.15, 0.2) is 0 Å². The van der Waals surface area contributed by atoms with E-state index >= 15 is 0 Å². The first-order chi connectivity index (χ1) is 6.16. The molecule has 0 rings (SSSR count). The van der Waals surface area contributed by atoms with Gasteiger partial charge in [0.05, 0.1) is 0 Å². The molecule has 0 aromatic carbocycles. The van der Waals surface area contributed by atoms with Gasteiger partial charge < -0.3 is 10.8 Å². The van der Waals surface area contributed by atoms with E-state index in [1.54, 1.807) is 0 Å². The maximum atomic E-state index is 10.2. The molecule has 0 aliphatic heterocycles. The van der Waals surface area contributed by atoms with Crippen LogP contribution in [0.1, 0.15) is 32.6 Å². The monoisotopic (exact) mass is 205 g/mol. The Kier molecular flexibility index (Phi) is 8.24. The third kappa shape index (κ3) is 9.70. The van der Waals surface area contributed by atoms with E-state index in [1.807, 2.05) is 11.8 Å². The molecule has 0 spiro atoms. The third-order valence-electron chi connectivity index (χ3n) is 1.77. The number of rotatable bonds is 8. The summed E-state index contributed by atoms with van der Waals surface area (Å²) in [5.41, 5.74) is 5.45. The maximum Gasteiger partial charge on any atom is 0.303 e. The van der Waals surface area contributed by atoms with E-state index in [1.165, 1.54) is 0 Å². The lowest BCUT2D eigenvalue weighted by molar-refractivity contribution is -0.137. The summed E-state index contributed by atoms with van der Waals surface area (Å²) in [5, 5.41) is 8.90. The highest BCUT2D eigenvalue weighted by molar-refractivity contribution is 7.99. The van der Waals surface area contributed by atoms with Crippen LogP contribution in [0.5, 0.6) is 0 Å². The Hall–Kier alpha value is -0.220. The largest absolute Gasteiger partial charge is 0.481 e. The van der Waals surface area contributed by atoms with E-state index in [-0.39, 0.29) is 0 Å². The second kappa shape index (κ2) is 8.38. The molecule has 0 radical (unpaired) electrons. The molecule has 0 aromatic rings. The average Bonchev–Trinajstić information content (AvgIpc) is 2.10. The number of hydrogen-bond acceptors (Lipinski definition) is 3. The predicted octanol–water partition coefficient (Wildman–Crippen LogP) is 1.71. The van der Waals surface area contributed by atoms with Crippen LogP contribution in [0.4, 0.5) is 0 Å². The lowest BCUT2D eigenvalue weighted by Gasteiger charge is -2.06. The molecule has 3 N–H and O–H groups in total. The molecule has 4 heteroatoms. The normalized spacial score (nSPS) is 12.8. The van der Waals surface area contributed by atoms with Gasteiger partial charge in [0.25, 0.3) is 0 Å². The van der Waals surface area contributed by atoms with Gasteiger partial charge in [0.15, 0.2) is 0 Å². The average molecular weight is 205 g/mol. The summed E-state index contributed by atoms with van der Waals surface area (Å²) >= 11 is 1.86. The van der Waals surface area contributed by atoms with E-state index in [9.17, 15) is 4.79 Å². The maximum absolute atomic E-state index is 10.2. The van der Waals surface area contributed by atoms with Crippen molar-refractivity contribution in [3.05, 3.63) is 0 Å². The number of unbranched alkanes of at least 4 members (excludes halogenated alkanes) is 2. The first-order valence-electron chi connectivity index (χ1n) is 4.70. The van der Waals surface area contributed by atoms with E-state index < -0.39 is 5.97 Å². The highest BCUT2D eigenvalue weighted by Gasteiger charge is 1.99. The Bertz CT molecular complexity index is 142. The molecule has 0 bridgehead atoms. The fraction of sp³-hybridized carbons (Fsp3) is 0.889. The van der Waals surface area contributed by atoms with E-state index in [2.05, 4.69) is 6.92 Å². The van der Waals surface area contributed by atoms with E-state index in [4.69, 9.17) is 10.8 Å². The Balaban J connectivity index is 3.04. The molecule has 1 unspecified atom stereocenters. The van der Waals surface area contributed by atoms with Crippen LogP contribution in [0, 0.1) is 0 Å². The molecule has 0 aliphatic rings. The molecular formula is C9H19NO2S. The third-order valence-corrected chi connectivity index (χ3v) is 3.06. The molecule has 0 saturated carbocycles. The molecule has 1 atom stereocenters. The lowest BCUT2D eigenvalue weighted by atomic mass is 10.2. The van der Waals surface area contributed by atoms with Crippen molar-refractivity contribution in [2.24, 2.45) is 5.73 Å². The summed E-state index contributed by atoms with van der Waals surface area (Å²) in [7, 11) is 0. The molecule has 0 amide bonds. The van der Waals surface area contributed by atoms with Crippen molar-refractivity contribution in [1.82, 2.24) is 0 Å².